The molecule has 1 aromatic heterocycles. The SMILES string of the molecule is Cc1cc(F)c(Nc2ccnc3c2C(=O)Nc2cc(CN4CC[C@H](N(C)C)C4)ccc2N3)cc1O[Si](C)(C)C(C)(C)C. The summed E-state index contributed by atoms with van der Waals surface area (Å²) in [5.74, 6) is 0.308. The molecule has 0 bridgehead atoms. The Kier molecular flexibility index (Phi) is 8.08. The fraction of sp³-hybridized carbons (Fsp3) is 0.438. The highest BCUT2D eigenvalue weighted by atomic mass is 28.4. The minimum Gasteiger partial charge on any atom is -0.543 e. The van der Waals surface area contributed by atoms with Crippen molar-refractivity contribution in [2.75, 3.05) is 43.1 Å². The Bertz CT molecular complexity index is 1500. The monoisotopic (exact) mass is 590 g/mol. The Labute approximate surface area is 249 Å². The van der Waals surface area contributed by atoms with Crippen LogP contribution in [-0.2, 0) is 6.54 Å². The van der Waals surface area contributed by atoms with Crippen LogP contribution in [0.3, 0.4) is 0 Å². The average Bonchev–Trinajstić information content (AvgIpc) is 3.31. The number of aryl methyl sites for hydroxylation is 1. The zero-order valence-corrected chi connectivity index (χ0v) is 27.0. The Balaban J connectivity index is 1.39. The number of anilines is 5. The van der Waals surface area contributed by atoms with E-state index >= 15 is 4.39 Å². The number of amides is 1. The first kappa shape index (κ1) is 30.0. The molecule has 2 aliphatic rings. The maximum Gasteiger partial charge on any atom is 0.261 e. The van der Waals surface area contributed by atoms with Crippen molar-refractivity contribution in [3.05, 3.63) is 65.1 Å². The largest absolute Gasteiger partial charge is 0.543 e. The number of pyridine rings is 1. The van der Waals surface area contributed by atoms with Gasteiger partial charge in [-0.15, -0.1) is 0 Å². The molecule has 2 aromatic carbocycles. The van der Waals surface area contributed by atoms with Crippen molar-refractivity contribution in [2.45, 2.75) is 64.8 Å². The molecule has 1 fully saturated rings. The predicted molar refractivity (Wildman–Crippen MR) is 172 cm³/mol. The van der Waals surface area contributed by atoms with Crippen molar-refractivity contribution in [1.82, 2.24) is 14.8 Å². The Morgan fingerprint density at radius 1 is 1.12 bits per heavy atom. The summed E-state index contributed by atoms with van der Waals surface area (Å²) in [5.41, 5.74) is 4.31. The highest BCUT2D eigenvalue weighted by molar-refractivity contribution is 6.74. The second-order valence-corrected chi connectivity index (χ2v) is 18.0. The normalized spacial score (nSPS) is 17.3. The Morgan fingerprint density at radius 3 is 2.57 bits per heavy atom. The van der Waals surface area contributed by atoms with E-state index in [9.17, 15) is 4.79 Å². The quantitative estimate of drug-likeness (QED) is 0.253. The van der Waals surface area contributed by atoms with E-state index in [1.807, 2.05) is 19.1 Å². The highest BCUT2D eigenvalue weighted by Crippen LogP contribution is 2.40. The lowest BCUT2D eigenvalue weighted by molar-refractivity contribution is 0.102. The minimum atomic E-state index is -2.15. The predicted octanol–water partition coefficient (Wildman–Crippen LogP) is 7.10. The lowest BCUT2D eigenvalue weighted by Crippen LogP contribution is -2.44. The van der Waals surface area contributed by atoms with Crippen LogP contribution in [-0.4, -0.2) is 62.2 Å². The molecule has 5 rings (SSSR count). The number of benzene rings is 2. The smallest absolute Gasteiger partial charge is 0.261 e. The molecule has 0 spiro atoms. The van der Waals surface area contributed by atoms with Crippen LogP contribution in [0.25, 0.3) is 0 Å². The van der Waals surface area contributed by atoms with Gasteiger partial charge in [0.15, 0.2) is 0 Å². The summed E-state index contributed by atoms with van der Waals surface area (Å²) in [6, 6.07) is 11.5. The summed E-state index contributed by atoms with van der Waals surface area (Å²) in [6.07, 6.45) is 2.76. The lowest BCUT2D eigenvalue weighted by Gasteiger charge is -2.37. The van der Waals surface area contributed by atoms with Gasteiger partial charge in [-0.05, 0) is 81.0 Å². The summed E-state index contributed by atoms with van der Waals surface area (Å²) < 4.78 is 21.8. The van der Waals surface area contributed by atoms with E-state index in [0.717, 1.165) is 42.9 Å². The van der Waals surface area contributed by atoms with Gasteiger partial charge in [-0.3, -0.25) is 9.69 Å². The van der Waals surface area contributed by atoms with E-state index in [2.05, 4.69) is 84.8 Å². The number of rotatable bonds is 7. The highest BCUT2D eigenvalue weighted by Gasteiger charge is 2.39. The molecule has 0 saturated carbocycles. The number of carbonyl (C=O) groups is 1. The van der Waals surface area contributed by atoms with Gasteiger partial charge in [0.25, 0.3) is 5.91 Å². The molecule has 3 aromatic rings. The van der Waals surface area contributed by atoms with Crippen LogP contribution >= 0.6 is 0 Å². The summed E-state index contributed by atoms with van der Waals surface area (Å²) >= 11 is 0. The molecular weight excluding hydrogens is 547 g/mol. The zero-order valence-electron chi connectivity index (χ0n) is 26.0. The van der Waals surface area contributed by atoms with E-state index in [0.29, 0.717) is 34.5 Å². The number of aromatic nitrogens is 1. The van der Waals surface area contributed by atoms with E-state index in [-0.39, 0.29) is 16.6 Å². The second-order valence-electron chi connectivity index (χ2n) is 13.3. The van der Waals surface area contributed by atoms with Crippen LogP contribution < -0.4 is 20.4 Å². The number of hydrogen-bond acceptors (Lipinski definition) is 7. The van der Waals surface area contributed by atoms with Crippen molar-refractivity contribution in [1.29, 1.82) is 0 Å². The Morgan fingerprint density at radius 2 is 1.88 bits per heavy atom. The third-order valence-electron chi connectivity index (χ3n) is 8.85. The van der Waals surface area contributed by atoms with Crippen LogP contribution in [0.2, 0.25) is 18.1 Å². The molecule has 3 N–H and O–H groups in total. The Hall–Kier alpha value is -3.47. The summed E-state index contributed by atoms with van der Waals surface area (Å²) in [5, 5.41) is 9.53. The van der Waals surface area contributed by atoms with Crippen LogP contribution in [0.5, 0.6) is 5.75 Å². The first-order chi connectivity index (χ1) is 19.7. The number of likely N-dealkylation sites (N-methyl/N-ethyl adjacent to an activating group) is 1. The molecule has 224 valence electrons. The van der Waals surface area contributed by atoms with Gasteiger partial charge in [0.1, 0.15) is 22.9 Å². The molecule has 0 aliphatic carbocycles. The van der Waals surface area contributed by atoms with Crippen LogP contribution in [0.15, 0.2) is 42.6 Å². The molecule has 10 heteroatoms. The van der Waals surface area contributed by atoms with Gasteiger partial charge in [0.05, 0.1) is 22.7 Å². The third kappa shape index (κ3) is 6.16. The van der Waals surface area contributed by atoms with E-state index < -0.39 is 14.1 Å². The van der Waals surface area contributed by atoms with Gasteiger partial charge in [-0.25, -0.2) is 9.37 Å². The van der Waals surface area contributed by atoms with Crippen molar-refractivity contribution in [3.8, 4) is 5.75 Å². The maximum absolute atomic E-state index is 15.2. The van der Waals surface area contributed by atoms with E-state index in [1.165, 1.54) is 6.07 Å². The van der Waals surface area contributed by atoms with Crippen molar-refractivity contribution in [2.24, 2.45) is 0 Å². The van der Waals surface area contributed by atoms with Crippen LogP contribution in [0.1, 0.15) is 48.7 Å². The standard InChI is InChI=1S/C32H43FN6O2Si/c1-20-15-23(33)26(17-28(20)41-42(7,8)32(2,3)4)35-25-11-13-34-30-29(25)31(40)37-27-16-21(9-10-24(27)36-30)18-39-14-12-22(19-39)38(5)6/h9-11,13,15-17,22H,12,14,18-19H2,1-8H3,(H,37,40)(H2,34,35,36)/t22-/m0/s1. The number of fused-ring (bicyclic) bond motifs is 2. The van der Waals surface area contributed by atoms with Crippen molar-refractivity contribution >= 4 is 42.8 Å². The molecule has 3 heterocycles. The molecule has 0 unspecified atom stereocenters. The molecule has 1 amide bonds. The van der Waals surface area contributed by atoms with Crippen molar-refractivity contribution < 1.29 is 13.6 Å². The van der Waals surface area contributed by atoms with E-state index in [1.54, 1.807) is 18.3 Å². The number of nitrogens with one attached hydrogen (secondary N) is 3. The minimum absolute atomic E-state index is 0.00834. The lowest BCUT2D eigenvalue weighted by atomic mass is 10.1. The number of likely N-dealkylation sites (tertiary alicyclic amines) is 1. The molecular formula is C32H43FN6O2Si. The molecule has 8 nitrogen and oxygen atoms in total. The van der Waals surface area contributed by atoms with Gasteiger partial charge >= 0.3 is 0 Å². The number of carbonyl (C=O) groups excluding carboxylic acids is 1. The summed E-state index contributed by atoms with van der Waals surface area (Å²) in [7, 11) is 2.10. The second kappa shape index (κ2) is 11.3. The van der Waals surface area contributed by atoms with Gasteiger partial charge in [-0.2, -0.15) is 0 Å². The van der Waals surface area contributed by atoms with Crippen molar-refractivity contribution in [3.63, 3.8) is 0 Å². The molecule has 42 heavy (non-hydrogen) atoms. The first-order valence-corrected chi connectivity index (χ1v) is 17.5. The zero-order chi connectivity index (χ0) is 30.4. The molecule has 0 radical (unpaired) electrons. The fourth-order valence-electron chi connectivity index (χ4n) is 5.17. The summed E-state index contributed by atoms with van der Waals surface area (Å²) in [6.45, 7) is 15.6. The topological polar surface area (TPSA) is 81.8 Å². The van der Waals surface area contributed by atoms with Crippen LogP contribution in [0.4, 0.5) is 33.0 Å². The number of halogens is 1. The average molecular weight is 591 g/mol. The number of nitrogens with zero attached hydrogens (tertiary/aromatic N) is 3. The van der Waals surface area contributed by atoms with Crippen LogP contribution in [0, 0.1) is 12.7 Å². The van der Waals surface area contributed by atoms with Gasteiger partial charge in [0.2, 0.25) is 8.32 Å². The fourth-order valence-corrected chi connectivity index (χ4v) is 6.25. The van der Waals surface area contributed by atoms with Gasteiger partial charge < -0.3 is 25.3 Å². The number of hydrogen-bond donors (Lipinski definition) is 3. The van der Waals surface area contributed by atoms with Gasteiger partial charge in [-0.1, -0.05) is 26.8 Å². The first-order valence-electron chi connectivity index (χ1n) is 14.6. The van der Waals surface area contributed by atoms with Gasteiger partial charge in [0, 0.05) is 37.9 Å². The third-order valence-corrected chi connectivity index (χ3v) is 13.2. The molecule has 1 atom stereocenters. The molecule has 2 aliphatic heterocycles. The maximum atomic E-state index is 15.2. The van der Waals surface area contributed by atoms with E-state index in [4.69, 9.17) is 4.43 Å². The molecule has 1 saturated heterocycles. The summed E-state index contributed by atoms with van der Waals surface area (Å²) in [4.78, 5) is 22.8.